The van der Waals surface area contributed by atoms with Crippen molar-refractivity contribution in [2.24, 2.45) is 0 Å². The Morgan fingerprint density at radius 1 is 1.05 bits per heavy atom. The van der Waals surface area contributed by atoms with Gasteiger partial charge in [0.2, 0.25) is 5.91 Å². The fourth-order valence-electron chi connectivity index (χ4n) is 4.49. The van der Waals surface area contributed by atoms with E-state index in [-0.39, 0.29) is 29.9 Å². The van der Waals surface area contributed by atoms with E-state index in [2.05, 4.69) is 20.6 Å². The number of nitrogens with zero attached hydrogens (tertiary/aromatic N) is 3. The number of carbonyl (C=O) groups is 3. The van der Waals surface area contributed by atoms with Crippen molar-refractivity contribution in [1.29, 1.82) is 0 Å². The maximum absolute atomic E-state index is 14.7. The first-order chi connectivity index (χ1) is 20.5. The SMILES string of the molecule is O=C(NC1CC1)c1ccc(-c2csc(NC(=O)C3CS[C@H](c4ccncc4F)N3C(=O)OCc3ccccc3)n2)cc1. The van der Waals surface area contributed by atoms with Crippen LogP contribution in [-0.4, -0.2) is 50.6 Å². The highest BCUT2D eigenvalue weighted by Gasteiger charge is 2.44. The first-order valence-electron chi connectivity index (χ1n) is 13.3. The van der Waals surface area contributed by atoms with E-state index in [9.17, 15) is 18.8 Å². The van der Waals surface area contributed by atoms with Crippen LogP contribution in [0.15, 0.2) is 78.4 Å². The van der Waals surface area contributed by atoms with Crippen LogP contribution in [0.1, 0.15) is 39.7 Å². The highest BCUT2D eigenvalue weighted by molar-refractivity contribution is 7.99. The van der Waals surface area contributed by atoms with Crippen molar-refractivity contribution in [3.8, 4) is 11.3 Å². The summed E-state index contributed by atoms with van der Waals surface area (Å²) in [6.45, 7) is 0.0115. The first-order valence-corrected chi connectivity index (χ1v) is 15.3. The van der Waals surface area contributed by atoms with Crippen LogP contribution in [0, 0.1) is 5.82 Å². The molecule has 1 aliphatic heterocycles. The van der Waals surface area contributed by atoms with Crippen molar-refractivity contribution in [2.75, 3.05) is 11.1 Å². The van der Waals surface area contributed by atoms with Gasteiger partial charge in [0.25, 0.3) is 5.91 Å². The third kappa shape index (κ3) is 6.29. The normalized spacial score (nSPS) is 18.0. The van der Waals surface area contributed by atoms with Crippen LogP contribution in [0.4, 0.5) is 14.3 Å². The topological polar surface area (TPSA) is 114 Å². The number of thioether (sulfide) groups is 1. The second-order valence-corrected chi connectivity index (χ2v) is 11.9. The molecule has 4 aromatic rings. The van der Waals surface area contributed by atoms with Crippen LogP contribution in [0.3, 0.4) is 0 Å². The van der Waals surface area contributed by atoms with Crippen LogP contribution >= 0.6 is 23.1 Å². The summed E-state index contributed by atoms with van der Waals surface area (Å²) in [7, 11) is 0. The molecule has 2 N–H and O–H groups in total. The molecule has 1 unspecified atom stereocenters. The van der Waals surface area contributed by atoms with Gasteiger partial charge in [0, 0.05) is 40.1 Å². The Bertz CT molecular complexity index is 1600. The van der Waals surface area contributed by atoms with Crippen LogP contribution in [0.5, 0.6) is 0 Å². The third-order valence-electron chi connectivity index (χ3n) is 6.88. The van der Waals surface area contributed by atoms with Gasteiger partial charge in [0.1, 0.15) is 23.8 Å². The number of benzene rings is 2. The van der Waals surface area contributed by atoms with E-state index in [0.717, 1.165) is 30.2 Å². The number of aromatic nitrogens is 2. The summed E-state index contributed by atoms with van der Waals surface area (Å²) in [5.74, 6) is -0.885. The number of thiazole rings is 1. The fraction of sp³-hybridized carbons (Fsp3) is 0.233. The van der Waals surface area contributed by atoms with E-state index in [1.807, 2.05) is 42.5 Å². The van der Waals surface area contributed by atoms with Crippen LogP contribution in [0.25, 0.3) is 11.3 Å². The van der Waals surface area contributed by atoms with E-state index in [0.29, 0.717) is 16.4 Å². The Morgan fingerprint density at radius 2 is 1.83 bits per heavy atom. The maximum Gasteiger partial charge on any atom is 0.412 e. The molecule has 0 bridgehead atoms. The zero-order valence-electron chi connectivity index (χ0n) is 22.2. The summed E-state index contributed by atoms with van der Waals surface area (Å²) in [6, 6.07) is 17.2. The lowest BCUT2D eigenvalue weighted by Gasteiger charge is -2.28. The number of hydrogen-bond donors (Lipinski definition) is 2. The van der Waals surface area contributed by atoms with Crippen LogP contribution in [0.2, 0.25) is 0 Å². The van der Waals surface area contributed by atoms with Crippen molar-refractivity contribution in [3.63, 3.8) is 0 Å². The van der Waals surface area contributed by atoms with Gasteiger partial charge in [0.15, 0.2) is 5.13 Å². The number of amides is 3. The molecule has 2 atom stereocenters. The minimum atomic E-state index is -0.924. The summed E-state index contributed by atoms with van der Waals surface area (Å²) in [5.41, 5.74) is 3.05. The lowest BCUT2D eigenvalue weighted by atomic mass is 10.1. The van der Waals surface area contributed by atoms with Crippen molar-refractivity contribution in [3.05, 3.63) is 101 Å². The molecular formula is C30H26FN5O4S2. The monoisotopic (exact) mass is 603 g/mol. The van der Waals surface area contributed by atoms with Gasteiger partial charge in [-0.1, -0.05) is 42.5 Å². The van der Waals surface area contributed by atoms with Gasteiger partial charge in [0.05, 0.1) is 11.9 Å². The number of rotatable bonds is 8. The lowest BCUT2D eigenvalue weighted by molar-refractivity contribution is -0.120. The molecule has 9 nitrogen and oxygen atoms in total. The number of hydrogen-bond acceptors (Lipinski definition) is 8. The predicted octanol–water partition coefficient (Wildman–Crippen LogP) is 5.63. The minimum Gasteiger partial charge on any atom is -0.444 e. The standard InChI is InChI=1S/C30H26FN5O4S2/c31-23-14-32-13-12-22(23)28-36(30(39)40-15-18-4-2-1-3-5-18)25(17-41-28)27(38)35-29-34-24(16-42-29)19-6-8-20(9-7-19)26(37)33-21-10-11-21/h1-9,12-14,16,21,25,28H,10-11,15,17H2,(H,33,37)(H,34,35,38)/t25?,28-/m1/s1. The second-order valence-electron chi connectivity index (χ2n) is 9.90. The third-order valence-corrected chi connectivity index (χ3v) is 8.94. The minimum absolute atomic E-state index is 0.0115. The van der Waals surface area contributed by atoms with E-state index >= 15 is 0 Å². The summed E-state index contributed by atoms with van der Waals surface area (Å²) >= 11 is 2.52. The average Bonchev–Trinajstić information content (AvgIpc) is 3.51. The number of pyridine rings is 1. The highest BCUT2D eigenvalue weighted by atomic mass is 32.2. The quantitative estimate of drug-likeness (QED) is 0.269. The Labute approximate surface area is 249 Å². The molecule has 3 amide bonds. The summed E-state index contributed by atoms with van der Waals surface area (Å²) in [6.07, 6.45) is 3.84. The highest BCUT2D eigenvalue weighted by Crippen LogP contribution is 2.43. The zero-order chi connectivity index (χ0) is 29.1. The van der Waals surface area contributed by atoms with Crippen molar-refractivity contribution in [2.45, 2.75) is 36.9 Å². The number of halogens is 1. The molecule has 2 aliphatic rings. The summed E-state index contributed by atoms with van der Waals surface area (Å²) in [4.78, 5) is 48.7. The van der Waals surface area contributed by atoms with Gasteiger partial charge >= 0.3 is 6.09 Å². The summed E-state index contributed by atoms with van der Waals surface area (Å²) in [5, 5.41) is 7.17. The maximum atomic E-state index is 14.7. The second kappa shape index (κ2) is 12.3. The number of carbonyl (C=O) groups excluding carboxylic acids is 3. The van der Waals surface area contributed by atoms with Gasteiger partial charge in [-0.15, -0.1) is 23.1 Å². The van der Waals surface area contributed by atoms with Crippen molar-refractivity contribution >= 4 is 46.1 Å². The van der Waals surface area contributed by atoms with Gasteiger partial charge in [-0.2, -0.15) is 0 Å². The molecular weight excluding hydrogens is 577 g/mol. The van der Waals surface area contributed by atoms with Crippen molar-refractivity contribution in [1.82, 2.24) is 20.2 Å². The van der Waals surface area contributed by atoms with Gasteiger partial charge < -0.3 is 15.4 Å². The number of anilines is 1. The molecule has 42 heavy (non-hydrogen) atoms. The number of nitrogens with one attached hydrogen (secondary N) is 2. The molecule has 12 heteroatoms. The molecule has 3 heterocycles. The molecule has 1 aliphatic carbocycles. The first kappa shape index (κ1) is 27.9. The number of ether oxygens (including phenoxy) is 1. The molecule has 2 aromatic heterocycles. The van der Waals surface area contributed by atoms with E-state index < -0.39 is 29.2 Å². The van der Waals surface area contributed by atoms with Gasteiger partial charge in [-0.3, -0.25) is 19.5 Å². The van der Waals surface area contributed by atoms with E-state index in [1.165, 1.54) is 40.3 Å². The predicted molar refractivity (Wildman–Crippen MR) is 158 cm³/mol. The molecule has 1 saturated carbocycles. The summed E-state index contributed by atoms with van der Waals surface area (Å²) < 4.78 is 20.3. The van der Waals surface area contributed by atoms with Crippen LogP contribution in [-0.2, 0) is 16.1 Å². The molecule has 6 rings (SSSR count). The molecule has 2 fully saturated rings. The van der Waals surface area contributed by atoms with Crippen molar-refractivity contribution < 1.29 is 23.5 Å². The van der Waals surface area contributed by atoms with Gasteiger partial charge in [-0.05, 0) is 36.6 Å². The molecule has 1 saturated heterocycles. The van der Waals surface area contributed by atoms with Gasteiger partial charge in [-0.25, -0.2) is 14.2 Å². The molecule has 214 valence electrons. The Balaban J connectivity index is 1.16. The Kier molecular flexibility index (Phi) is 8.15. The smallest absolute Gasteiger partial charge is 0.412 e. The molecule has 2 aromatic carbocycles. The van der Waals surface area contributed by atoms with Crippen LogP contribution < -0.4 is 10.6 Å². The van der Waals surface area contributed by atoms with E-state index in [1.54, 1.807) is 17.5 Å². The lowest BCUT2D eigenvalue weighted by Crippen LogP contribution is -2.45. The average molecular weight is 604 g/mol. The zero-order valence-corrected chi connectivity index (χ0v) is 23.9. The molecule has 0 spiro atoms. The Hall–Kier alpha value is -4.29. The largest absolute Gasteiger partial charge is 0.444 e. The Morgan fingerprint density at radius 3 is 2.57 bits per heavy atom. The van der Waals surface area contributed by atoms with E-state index in [4.69, 9.17) is 4.74 Å². The molecule has 0 radical (unpaired) electrons. The fourth-order valence-corrected chi connectivity index (χ4v) is 6.66.